The number of hydrogen-bond donors (Lipinski definition) is 1. The van der Waals surface area contributed by atoms with E-state index in [1.807, 2.05) is 14.0 Å². The molecule has 0 spiro atoms. The molecule has 108 valence electrons. The molecule has 0 radical (unpaired) electrons. The molecule has 0 unspecified atom stereocenters. The maximum atomic E-state index is 6.01. The molecule has 2 aromatic heterocycles. The van der Waals surface area contributed by atoms with Crippen LogP contribution in [0.5, 0.6) is 0 Å². The molecule has 0 saturated carbocycles. The number of thiophene rings is 1. The van der Waals surface area contributed by atoms with E-state index in [-0.39, 0.29) is 5.92 Å². The second-order valence-corrected chi connectivity index (χ2v) is 7.07. The Balaban J connectivity index is 2.30. The molecule has 4 nitrogen and oxygen atoms in total. The third-order valence-electron chi connectivity index (χ3n) is 3.07. The van der Waals surface area contributed by atoms with Gasteiger partial charge in [-0.3, -0.25) is 0 Å². The van der Waals surface area contributed by atoms with Gasteiger partial charge in [0, 0.05) is 33.3 Å². The van der Waals surface area contributed by atoms with Crippen LogP contribution in [0.25, 0.3) is 0 Å². The first-order valence-corrected chi connectivity index (χ1v) is 8.13. The Hall–Kier alpha value is -1.14. The summed E-state index contributed by atoms with van der Waals surface area (Å²) < 4.78 is 1.12. The fourth-order valence-electron chi connectivity index (χ4n) is 1.91. The highest BCUT2D eigenvalue weighted by Gasteiger charge is 2.15. The molecule has 0 fully saturated rings. The Kier molecular flexibility index (Phi) is 4.65. The van der Waals surface area contributed by atoms with Crippen LogP contribution in [0, 0.1) is 6.92 Å². The lowest BCUT2D eigenvalue weighted by Crippen LogP contribution is -2.20. The molecule has 0 atom stereocenters. The molecule has 0 aliphatic rings. The molecular weight excluding hydrogens is 336 g/mol. The molecule has 2 heterocycles. The van der Waals surface area contributed by atoms with E-state index in [0.717, 1.165) is 28.2 Å². The predicted molar refractivity (Wildman–Crippen MR) is 89.4 cm³/mol. The van der Waals surface area contributed by atoms with Crippen molar-refractivity contribution in [1.82, 2.24) is 9.97 Å². The quantitative estimate of drug-likeness (QED) is 0.902. The zero-order chi connectivity index (χ0) is 14.9. The van der Waals surface area contributed by atoms with E-state index >= 15 is 0 Å². The van der Waals surface area contributed by atoms with Crippen LogP contribution in [-0.4, -0.2) is 17.0 Å². The molecule has 0 saturated heterocycles. The van der Waals surface area contributed by atoms with Gasteiger partial charge >= 0.3 is 0 Å². The van der Waals surface area contributed by atoms with Gasteiger partial charge in [-0.25, -0.2) is 9.97 Å². The first-order chi connectivity index (χ1) is 9.38. The van der Waals surface area contributed by atoms with E-state index < -0.39 is 0 Å². The van der Waals surface area contributed by atoms with Crippen molar-refractivity contribution in [2.75, 3.05) is 17.7 Å². The van der Waals surface area contributed by atoms with Crippen LogP contribution in [-0.2, 0) is 6.54 Å². The average molecular weight is 355 g/mol. The normalized spacial score (nSPS) is 11.1. The van der Waals surface area contributed by atoms with Crippen LogP contribution in [0.4, 0.5) is 11.6 Å². The summed E-state index contributed by atoms with van der Waals surface area (Å²) in [6, 6.07) is 2.13. The van der Waals surface area contributed by atoms with Gasteiger partial charge in [-0.15, -0.1) is 11.3 Å². The first kappa shape index (κ1) is 15.3. The summed E-state index contributed by atoms with van der Waals surface area (Å²) >= 11 is 5.21. The topological polar surface area (TPSA) is 55.0 Å². The van der Waals surface area contributed by atoms with Crippen molar-refractivity contribution in [3.8, 4) is 0 Å². The Bertz CT molecular complexity index is 609. The summed E-state index contributed by atoms with van der Waals surface area (Å²) in [6.45, 7) is 6.93. The fourth-order valence-corrected chi connectivity index (χ4v) is 3.42. The van der Waals surface area contributed by atoms with Gasteiger partial charge in [0.25, 0.3) is 0 Å². The predicted octanol–water partition coefficient (Wildman–Crippen LogP) is 3.95. The van der Waals surface area contributed by atoms with E-state index in [1.54, 1.807) is 11.3 Å². The minimum atomic E-state index is 0.265. The molecule has 2 aromatic rings. The molecular formula is C14H19BrN4S. The third-order valence-corrected chi connectivity index (χ3v) is 4.75. The summed E-state index contributed by atoms with van der Waals surface area (Å²) in [5.74, 6) is 2.53. The van der Waals surface area contributed by atoms with Gasteiger partial charge in [-0.05, 0) is 28.9 Å². The van der Waals surface area contributed by atoms with Crippen molar-refractivity contribution < 1.29 is 0 Å². The minimum absolute atomic E-state index is 0.265. The van der Waals surface area contributed by atoms with Crippen molar-refractivity contribution in [2.24, 2.45) is 0 Å². The van der Waals surface area contributed by atoms with Crippen LogP contribution >= 0.6 is 27.3 Å². The highest BCUT2D eigenvalue weighted by molar-refractivity contribution is 9.10. The molecule has 0 aromatic carbocycles. The highest BCUT2D eigenvalue weighted by Crippen LogP contribution is 2.27. The Morgan fingerprint density at radius 2 is 2.10 bits per heavy atom. The molecule has 0 bridgehead atoms. The lowest BCUT2D eigenvalue weighted by atomic mass is 10.2. The Morgan fingerprint density at radius 1 is 1.40 bits per heavy atom. The van der Waals surface area contributed by atoms with E-state index in [4.69, 9.17) is 5.73 Å². The van der Waals surface area contributed by atoms with Crippen LogP contribution in [0.15, 0.2) is 15.9 Å². The van der Waals surface area contributed by atoms with Crippen LogP contribution in [0.3, 0.4) is 0 Å². The highest BCUT2D eigenvalue weighted by atomic mass is 79.9. The molecule has 0 aliphatic heterocycles. The summed E-state index contributed by atoms with van der Waals surface area (Å²) in [5, 5.41) is 2.09. The van der Waals surface area contributed by atoms with Gasteiger partial charge < -0.3 is 10.6 Å². The van der Waals surface area contributed by atoms with E-state index in [9.17, 15) is 0 Å². The fraction of sp³-hybridized carbons (Fsp3) is 0.429. The number of nitrogens with two attached hydrogens (primary N) is 1. The number of aromatic nitrogens is 2. The number of anilines is 2. The van der Waals surface area contributed by atoms with E-state index in [0.29, 0.717) is 5.82 Å². The summed E-state index contributed by atoms with van der Waals surface area (Å²) in [6.07, 6.45) is 0. The van der Waals surface area contributed by atoms with Gasteiger partial charge in [-0.2, -0.15) is 0 Å². The zero-order valence-electron chi connectivity index (χ0n) is 12.1. The molecule has 0 aliphatic carbocycles. The maximum absolute atomic E-state index is 6.01. The monoisotopic (exact) mass is 354 g/mol. The Morgan fingerprint density at radius 3 is 2.65 bits per heavy atom. The SMILES string of the molecule is Cc1c(N)nc(C(C)C)nc1N(C)Cc1cc(Br)cs1. The number of nitrogens with zero attached hydrogens (tertiary/aromatic N) is 3. The molecule has 6 heteroatoms. The van der Waals surface area contributed by atoms with Crippen molar-refractivity contribution >= 4 is 38.9 Å². The van der Waals surface area contributed by atoms with E-state index in [2.05, 4.69) is 56.1 Å². The first-order valence-electron chi connectivity index (χ1n) is 6.46. The van der Waals surface area contributed by atoms with Gasteiger partial charge in [0.1, 0.15) is 17.5 Å². The van der Waals surface area contributed by atoms with Crippen LogP contribution in [0.2, 0.25) is 0 Å². The van der Waals surface area contributed by atoms with Crippen LogP contribution < -0.4 is 10.6 Å². The van der Waals surface area contributed by atoms with Gasteiger partial charge in [0.2, 0.25) is 0 Å². The minimum Gasteiger partial charge on any atom is -0.383 e. The van der Waals surface area contributed by atoms with Gasteiger partial charge in [0.15, 0.2) is 0 Å². The standard InChI is InChI=1S/C14H19BrN4S/c1-8(2)13-17-12(16)9(3)14(18-13)19(4)6-11-5-10(15)7-20-11/h5,7-8H,6H2,1-4H3,(H2,16,17,18). The number of nitrogen functional groups attached to an aromatic ring is 1. The van der Waals surface area contributed by atoms with Crippen molar-refractivity contribution in [3.05, 3.63) is 32.2 Å². The molecule has 0 amide bonds. The van der Waals surface area contributed by atoms with Crippen molar-refractivity contribution in [1.29, 1.82) is 0 Å². The summed E-state index contributed by atoms with van der Waals surface area (Å²) in [4.78, 5) is 12.4. The second kappa shape index (κ2) is 6.10. The van der Waals surface area contributed by atoms with Crippen molar-refractivity contribution in [2.45, 2.75) is 33.2 Å². The third kappa shape index (κ3) is 3.30. The molecule has 20 heavy (non-hydrogen) atoms. The Labute approximate surface area is 132 Å². The number of halogens is 1. The lowest BCUT2D eigenvalue weighted by molar-refractivity contribution is 0.762. The van der Waals surface area contributed by atoms with Gasteiger partial charge in [-0.1, -0.05) is 13.8 Å². The number of rotatable bonds is 4. The smallest absolute Gasteiger partial charge is 0.137 e. The van der Waals surface area contributed by atoms with Crippen LogP contribution in [0.1, 0.15) is 36.0 Å². The summed E-state index contributed by atoms with van der Waals surface area (Å²) in [7, 11) is 2.03. The maximum Gasteiger partial charge on any atom is 0.137 e. The molecule has 2 N–H and O–H groups in total. The molecule has 2 rings (SSSR count). The van der Waals surface area contributed by atoms with Gasteiger partial charge in [0.05, 0.1) is 6.54 Å². The second-order valence-electron chi connectivity index (χ2n) is 5.16. The summed E-state index contributed by atoms with van der Waals surface area (Å²) in [5.41, 5.74) is 6.95. The largest absolute Gasteiger partial charge is 0.383 e. The number of hydrogen-bond acceptors (Lipinski definition) is 5. The zero-order valence-corrected chi connectivity index (χ0v) is 14.5. The average Bonchev–Trinajstić information content (AvgIpc) is 2.77. The van der Waals surface area contributed by atoms with Crippen molar-refractivity contribution in [3.63, 3.8) is 0 Å². The van der Waals surface area contributed by atoms with E-state index in [1.165, 1.54) is 4.88 Å². The lowest BCUT2D eigenvalue weighted by Gasteiger charge is -2.21.